The number of carbonyl (C=O) groups excluding carboxylic acids is 3. The van der Waals surface area contributed by atoms with Crippen molar-refractivity contribution in [2.45, 2.75) is 13.0 Å². The molecule has 0 saturated carbocycles. The SMILES string of the molecule is CCOC(=O)[C@H](COC(=O)CCl)OC(=O)CCl. The molecule has 98 valence electrons. The van der Waals surface area contributed by atoms with Crippen LogP contribution in [0.5, 0.6) is 0 Å². The van der Waals surface area contributed by atoms with Crippen LogP contribution in [0.3, 0.4) is 0 Å². The number of ether oxygens (including phenoxy) is 3. The summed E-state index contributed by atoms with van der Waals surface area (Å²) in [7, 11) is 0. The molecule has 17 heavy (non-hydrogen) atoms. The predicted octanol–water partition coefficient (Wildman–Crippen LogP) is 0.482. The van der Waals surface area contributed by atoms with Crippen molar-refractivity contribution in [2.24, 2.45) is 0 Å². The minimum absolute atomic E-state index is 0.108. The molecule has 0 heterocycles. The summed E-state index contributed by atoms with van der Waals surface area (Å²) in [5, 5.41) is 0. The molecule has 0 bridgehead atoms. The Hall–Kier alpha value is -1.01. The molecular formula is C9H12Cl2O6. The van der Waals surface area contributed by atoms with E-state index in [0.29, 0.717) is 0 Å². The molecule has 0 spiro atoms. The molecule has 0 radical (unpaired) electrons. The molecule has 0 saturated heterocycles. The normalized spacial score (nSPS) is 11.5. The fourth-order valence-electron chi connectivity index (χ4n) is 0.783. The Kier molecular flexibility index (Phi) is 8.53. The van der Waals surface area contributed by atoms with E-state index in [1.54, 1.807) is 6.92 Å². The van der Waals surface area contributed by atoms with E-state index >= 15 is 0 Å². The molecule has 0 rings (SSSR count). The lowest BCUT2D eigenvalue weighted by Gasteiger charge is -2.15. The van der Waals surface area contributed by atoms with Crippen LogP contribution in [0.4, 0.5) is 0 Å². The van der Waals surface area contributed by atoms with Crippen LogP contribution in [0.15, 0.2) is 0 Å². The van der Waals surface area contributed by atoms with E-state index in [1.165, 1.54) is 0 Å². The van der Waals surface area contributed by atoms with Gasteiger partial charge in [0.25, 0.3) is 0 Å². The Bertz CT molecular complexity index is 281. The molecule has 0 aliphatic rings. The lowest BCUT2D eigenvalue weighted by atomic mass is 10.4. The van der Waals surface area contributed by atoms with Crippen molar-refractivity contribution in [1.29, 1.82) is 0 Å². The van der Waals surface area contributed by atoms with E-state index < -0.39 is 36.5 Å². The third kappa shape index (κ3) is 7.01. The summed E-state index contributed by atoms with van der Waals surface area (Å²) >= 11 is 10.4. The van der Waals surface area contributed by atoms with Crippen LogP contribution in [0.2, 0.25) is 0 Å². The van der Waals surface area contributed by atoms with Crippen molar-refractivity contribution in [3.8, 4) is 0 Å². The van der Waals surface area contributed by atoms with Gasteiger partial charge in [0.05, 0.1) is 6.61 Å². The maximum Gasteiger partial charge on any atom is 0.351 e. The van der Waals surface area contributed by atoms with E-state index in [-0.39, 0.29) is 12.5 Å². The highest BCUT2D eigenvalue weighted by Gasteiger charge is 2.25. The Morgan fingerprint density at radius 1 is 1.06 bits per heavy atom. The maximum absolute atomic E-state index is 11.3. The van der Waals surface area contributed by atoms with Crippen LogP contribution in [0, 0.1) is 0 Å². The van der Waals surface area contributed by atoms with E-state index in [1.807, 2.05) is 0 Å². The number of hydrogen-bond acceptors (Lipinski definition) is 6. The summed E-state index contributed by atoms with van der Waals surface area (Å²) in [5.41, 5.74) is 0. The zero-order valence-corrected chi connectivity index (χ0v) is 10.6. The van der Waals surface area contributed by atoms with Gasteiger partial charge in [0.1, 0.15) is 18.4 Å². The second-order valence-electron chi connectivity index (χ2n) is 2.68. The molecule has 0 aliphatic carbocycles. The first-order chi connectivity index (χ1) is 8.04. The molecule has 0 aromatic heterocycles. The van der Waals surface area contributed by atoms with E-state index in [0.717, 1.165) is 0 Å². The molecule has 0 aromatic rings. The van der Waals surface area contributed by atoms with Gasteiger partial charge in [0, 0.05) is 0 Å². The zero-order chi connectivity index (χ0) is 13.3. The van der Waals surface area contributed by atoms with E-state index in [9.17, 15) is 14.4 Å². The van der Waals surface area contributed by atoms with Crippen LogP contribution in [0.1, 0.15) is 6.92 Å². The molecule has 0 aromatic carbocycles. The van der Waals surface area contributed by atoms with E-state index in [4.69, 9.17) is 23.2 Å². The summed E-state index contributed by atoms with van der Waals surface area (Å²) in [6.07, 6.45) is -1.33. The standard InChI is InChI=1S/C9H12Cl2O6/c1-2-15-9(14)6(17-8(13)4-11)5-16-7(12)3-10/h6H,2-5H2,1H3/t6-/m0/s1. The monoisotopic (exact) mass is 286 g/mol. The smallest absolute Gasteiger partial charge is 0.351 e. The third-order valence-electron chi connectivity index (χ3n) is 1.44. The Balaban J connectivity index is 4.34. The Morgan fingerprint density at radius 3 is 2.12 bits per heavy atom. The average Bonchev–Trinajstić information content (AvgIpc) is 2.33. The molecule has 0 aliphatic heterocycles. The van der Waals surface area contributed by atoms with Gasteiger partial charge in [0.2, 0.25) is 6.10 Å². The number of rotatable bonds is 7. The summed E-state index contributed by atoms with van der Waals surface area (Å²) in [6, 6.07) is 0. The number of carbonyl (C=O) groups is 3. The van der Waals surface area contributed by atoms with Gasteiger partial charge in [-0.2, -0.15) is 0 Å². The second-order valence-corrected chi connectivity index (χ2v) is 3.22. The lowest BCUT2D eigenvalue weighted by Crippen LogP contribution is -2.35. The van der Waals surface area contributed by atoms with E-state index in [2.05, 4.69) is 14.2 Å². The summed E-state index contributed by atoms with van der Waals surface area (Å²) in [6.45, 7) is 1.24. The van der Waals surface area contributed by atoms with Crippen LogP contribution >= 0.6 is 23.2 Å². The van der Waals surface area contributed by atoms with Gasteiger partial charge in [-0.15, -0.1) is 23.2 Å². The minimum atomic E-state index is -1.33. The molecule has 1 atom stereocenters. The van der Waals surface area contributed by atoms with Crippen LogP contribution in [-0.4, -0.2) is 49.0 Å². The summed E-state index contributed by atoms with van der Waals surface area (Å²) < 4.78 is 13.8. The molecule has 0 amide bonds. The van der Waals surface area contributed by atoms with Gasteiger partial charge in [-0.1, -0.05) is 0 Å². The van der Waals surface area contributed by atoms with Crippen molar-refractivity contribution in [2.75, 3.05) is 25.0 Å². The number of halogens is 2. The Labute approximate surface area is 108 Å². The summed E-state index contributed by atoms with van der Waals surface area (Å²) in [5.74, 6) is -3.14. The predicted molar refractivity (Wildman–Crippen MR) is 58.9 cm³/mol. The second kappa shape index (κ2) is 9.07. The van der Waals surface area contributed by atoms with Crippen molar-refractivity contribution in [3.05, 3.63) is 0 Å². The number of hydrogen-bond donors (Lipinski definition) is 0. The molecule has 0 N–H and O–H groups in total. The van der Waals surface area contributed by atoms with Crippen molar-refractivity contribution < 1.29 is 28.6 Å². The van der Waals surface area contributed by atoms with Gasteiger partial charge in [0.15, 0.2) is 0 Å². The highest BCUT2D eigenvalue weighted by atomic mass is 35.5. The highest BCUT2D eigenvalue weighted by molar-refractivity contribution is 6.26. The quantitative estimate of drug-likeness (QED) is 0.385. The van der Waals surface area contributed by atoms with Crippen LogP contribution in [0.25, 0.3) is 0 Å². The molecule has 8 heteroatoms. The van der Waals surface area contributed by atoms with Gasteiger partial charge >= 0.3 is 17.9 Å². The first-order valence-electron chi connectivity index (χ1n) is 4.68. The summed E-state index contributed by atoms with van der Waals surface area (Å²) in [4.78, 5) is 33.0. The maximum atomic E-state index is 11.3. The fraction of sp³-hybridized carbons (Fsp3) is 0.667. The van der Waals surface area contributed by atoms with Gasteiger partial charge < -0.3 is 14.2 Å². The Morgan fingerprint density at radius 2 is 1.65 bits per heavy atom. The minimum Gasteiger partial charge on any atom is -0.463 e. The molecule has 0 fully saturated rings. The van der Waals surface area contributed by atoms with Crippen molar-refractivity contribution >= 4 is 41.1 Å². The lowest BCUT2D eigenvalue weighted by molar-refractivity contribution is -0.172. The first kappa shape index (κ1) is 16.0. The van der Waals surface area contributed by atoms with Crippen molar-refractivity contribution in [1.82, 2.24) is 0 Å². The highest BCUT2D eigenvalue weighted by Crippen LogP contribution is 2.00. The fourth-order valence-corrected chi connectivity index (χ4v) is 0.923. The van der Waals surface area contributed by atoms with Crippen molar-refractivity contribution in [3.63, 3.8) is 0 Å². The van der Waals surface area contributed by atoms with Gasteiger partial charge in [-0.05, 0) is 6.92 Å². The van der Waals surface area contributed by atoms with Gasteiger partial charge in [-0.25, -0.2) is 4.79 Å². The zero-order valence-electron chi connectivity index (χ0n) is 9.11. The number of alkyl halides is 2. The molecular weight excluding hydrogens is 275 g/mol. The molecule has 6 nitrogen and oxygen atoms in total. The van der Waals surface area contributed by atoms with Gasteiger partial charge in [-0.3, -0.25) is 9.59 Å². The number of esters is 3. The van der Waals surface area contributed by atoms with Crippen LogP contribution in [-0.2, 0) is 28.6 Å². The topological polar surface area (TPSA) is 78.9 Å². The molecule has 0 unspecified atom stereocenters. The largest absolute Gasteiger partial charge is 0.463 e. The third-order valence-corrected chi connectivity index (χ3v) is 1.87. The first-order valence-corrected chi connectivity index (χ1v) is 5.75. The van der Waals surface area contributed by atoms with Crippen LogP contribution < -0.4 is 0 Å². The average molecular weight is 287 g/mol.